The van der Waals surface area contributed by atoms with Crippen molar-refractivity contribution in [2.75, 3.05) is 20.7 Å². The van der Waals surface area contributed by atoms with Crippen LogP contribution in [-0.4, -0.2) is 31.4 Å². The molecule has 1 aliphatic rings. The first-order valence-corrected chi connectivity index (χ1v) is 5.51. The van der Waals surface area contributed by atoms with Crippen LogP contribution in [0.2, 0.25) is 0 Å². The van der Waals surface area contributed by atoms with Crippen molar-refractivity contribution in [3.8, 4) is 5.75 Å². The highest BCUT2D eigenvalue weighted by molar-refractivity contribution is 5.88. The van der Waals surface area contributed by atoms with Gasteiger partial charge in [-0.2, -0.15) is 0 Å². The van der Waals surface area contributed by atoms with Crippen molar-refractivity contribution in [2.45, 2.75) is 19.4 Å². The summed E-state index contributed by atoms with van der Waals surface area (Å²) in [7, 11) is 3.63. The van der Waals surface area contributed by atoms with Gasteiger partial charge in [0, 0.05) is 18.5 Å². The number of carbonyl (C=O) groups excluding carboxylic acids is 1. The zero-order chi connectivity index (χ0) is 11.7. The Balaban J connectivity index is 2.45. The minimum absolute atomic E-state index is 0.130. The van der Waals surface area contributed by atoms with E-state index in [2.05, 4.69) is 4.90 Å². The van der Waals surface area contributed by atoms with Crippen LogP contribution in [0.15, 0.2) is 18.2 Å². The fraction of sp³-hybridized carbons (Fsp3) is 0.462. The summed E-state index contributed by atoms with van der Waals surface area (Å²) in [6, 6.07) is 5.85. The van der Waals surface area contributed by atoms with Crippen LogP contribution < -0.4 is 4.74 Å². The fourth-order valence-electron chi connectivity index (χ4n) is 2.28. The SMILES string of the molecule is COc1ccc(C)cc1C1C(=O)CCN1C. The number of hydrogen-bond acceptors (Lipinski definition) is 3. The molecule has 0 aromatic heterocycles. The Bertz CT molecular complexity index is 414. The summed E-state index contributed by atoms with van der Waals surface area (Å²) in [5, 5.41) is 0. The van der Waals surface area contributed by atoms with Crippen LogP contribution in [0, 0.1) is 6.92 Å². The molecule has 0 saturated carbocycles. The van der Waals surface area contributed by atoms with Crippen molar-refractivity contribution in [2.24, 2.45) is 0 Å². The minimum Gasteiger partial charge on any atom is -0.496 e. The molecule has 1 fully saturated rings. The van der Waals surface area contributed by atoms with E-state index < -0.39 is 0 Å². The number of ether oxygens (including phenoxy) is 1. The van der Waals surface area contributed by atoms with Crippen molar-refractivity contribution in [3.63, 3.8) is 0 Å². The first kappa shape index (κ1) is 11.1. The smallest absolute Gasteiger partial charge is 0.155 e. The van der Waals surface area contributed by atoms with Gasteiger partial charge < -0.3 is 4.74 Å². The molecule has 1 unspecified atom stereocenters. The number of carbonyl (C=O) groups is 1. The quantitative estimate of drug-likeness (QED) is 0.761. The molecule has 3 heteroatoms. The molecule has 0 radical (unpaired) electrons. The summed E-state index contributed by atoms with van der Waals surface area (Å²) in [6.45, 7) is 2.86. The third-order valence-corrected chi connectivity index (χ3v) is 3.14. The molecule has 86 valence electrons. The molecule has 0 aliphatic carbocycles. The lowest BCUT2D eigenvalue weighted by molar-refractivity contribution is -0.119. The largest absolute Gasteiger partial charge is 0.496 e. The average Bonchev–Trinajstić information content (AvgIpc) is 2.58. The van der Waals surface area contributed by atoms with E-state index in [0.717, 1.165) is 23.4 Å². The first-order valence-electron chi connectivity index (χ1n) is 5.51. The summed E-state index contributed by atoms with van der Waals surface area (Å²) in [5.41, 5.74) is 2.15. The predicted molar refractivity (Wildman–Crippen MR) is 62.7 cm³/mol. The van der Waals surface area contributed by atoms with E-state index in [0.29, 0.717) is 6.42 Å². The van der Waals surface area contributed by atoms with E-state index in [9.17, 15) is 4.79 Å². The number of hydrogen-bond donors (Lipinski definition) is 0. The number of Topliss-reactive ketones (excluding diaryl/α,β-unsaturated/α-hetero) is 1. The zero-order valence-corrected chi connectivity index (χ0v) is 9.99. The Morgan fingerprint density at radius 3 is 2.75 bits per heavy atom. The Kier molecular flexibility index (Phi) is 2.97. The molecule has 0 spiro atoms. The Morgan fingerprint density at radius 1 is 1.44 bits per heavy atom. The summed E-state index contributed by atoms with van der Waals surface area (Å²) in [4.78, 5) is 14.0. The van der Waals surface area contributed by atoms with E-state index in [1.807, 2.05) is 32.2 Å². The molecule has 0 bridgehead atoms. The Hall–Kier alpha value is -1.35. The maximum atomic E-state index is 11.9. The van der Waals surface area contributed by atoms with Crippen LogP contribution in [0.1, 0.15) is 23.6 Å². The predicted octanol–water partition coefficient (Wildman–Crippen LogP) is 1.95. The number of rotatable bonds is 2. The maximum Gasteiger partial charge on any atom is 0.155 e. The number of methoxy groups -OCH3 is 1. The minimum atomic E-state index is -0.130. The van der Waals surface area contributed by atoms with Crippen LogP contribution in [-0.2, 0) is 4.79 Å². The van der Waals surface area contributed by atoms with Gasteiger partial charge in [-0.25, -0.2) is 0 Å². The van der Waals surface area contributed by atoms with Gasteiger partial charge in [0.1, 0.15) is 5.75 Å². The van der Waals surface area contributed by atoms with Crippen LogP contribution in [0.4, 0.5) is 0 Å². The number of benzene rings is 1. The zero-order valence-electron chi connectivity index (χ0n) is 9.99. The van der Waals surface area contributed by atoms with Gasteiger partial charge in [-0.05, 0) is 20.0 Å². The van der Waals surface area contributed by atoms with Crippen LogP contribution in [0.5, 0.6) is 5.75 Å². The van der Waals surface area contributed by atoms with Gasteiger partial charge in [0.05, 0.1) is 13.2 Å². The van der Waals surface area contributed by atoms with Gasteiger partial charge in [0.25, 0.3) is 0 Å². The van der Waals surface area contributed by atoms with Gasteiger partial charge in [-0.15, -0.1) is 0 Å². The van der Waals surface area contributed by atoms with Gasteiger partial charge in [0.2, 0.25) is 0 Å². The monoisotopic (exact) mass is 219 g/mol. The van der Waals surface area contributed by atoms with Gasteiger partial charge in [-0.1, -0.05) is 17.7 Å². The highest BCUT2D eigenvalue weighted by Crippen LogP contribution is 2.34. The van der Waals surface area contributed by atoms with E-state index >= 15 is 0 Å². The third kappa shape index (κ3) is 1.83. The van der Waals surface area contributed by atoms with Crippen molar-refractivity contribution < 1.29 is 9.53 Å². The van der Waals surface area contributed by atoms with Crippen molar-refractivity contribution in [3.05, 3.63) is 29.3 Å². The summed E-state index contributed by atoms with van der Waals surface area (Å²) in [6.07, 6.45) is 0.637. The number of aryl methyl sites for hydroxylation is 1. The summed E-state index contributed by atoms with van der Waals surface area (Å²) in [5.74, 6) is 1.09. The molecular weight excluding hydrogens is 202 g/mol. The average molecular weight is 219 g/mol. The lowest BCUT2D eigenvalue weighted by Gasteiger charge is -2.21. The molecule has 0 amide bonds. The van der Waals surface area contributed by atoms with Crippen molar-refractivity contribution in [1.29, 1.82) is 0 Å². The number of ketones is 1. The van der Waals surface area contributed by atoms with E-state index in [-0.39, 0.29) is 11.8 Å². The summed E-state index contributed by atoms with van der Waals surface area (Å²) < 4.78 is 5.33. The standard InChI is InChI=1S/C13H17NO2/c1-9-4-5-12(16-3)10(8-9)13-11(15)6-7-14(13)2/h4-5,8,13H,6-7H2,1-3H3. The van der Waals surface area contributed by atoms with Gasteiger partial charge in [0.15, 0.2) is 5.78 Å². The molecule has 0 N–H and O–H groups in total. The van der Waals surface area contributed by atoms with Crippen molar-refractivity contribution in [1.82, 2.24) is 4.90 Å². The van der Waals surface area contributed by atoms with E-state index in [1.165, 1.54) is 0 Å². The normalized spacial score (nSPS) is 21.4. The molecule has 16 heavy (non-hydrogen) atoms. The van der Waals surface area contributed by atoms with Gasteiger partial charge >= 0.3 is 0 Å². The summed E-state index contributed by atoms with van der Waals surface area (Å²) >= 11 is 0. The molecule has 2 rings (SSSR count). The molecule has 1 atom stereocenters. The van der Waals surface area contributed by atoms with Gasteiger partial charge in [-0.3, -0.25) is 9.69 Å². The first-order chi connectivity index (χ1) is 7.63. The van der Waals surface area contributed by atoms with Crippen LogP contribution >= 0.6 is 0 Å². The molecule has 1 saturated heterocycles. The second-order valence-electron chi connectivity index (χ2n) is 4.34. The molecule has 1 heterocycles. The highest BCUT2D eigenvalue weighted by atomic mass is 16.5. The third-order valence-electron chi connectivity index (χ3n) is 3.14. The molecule has 3 nitrogen and oxygen atoms in total. The lowest BCUT2D eigenvalue weighted by atomic mass is 10.0. The molecule has 1 aromatic carbocycles. The second kappa shape index (κ2) is 4.26. The molecule has 1 aromatic rings. The molecule has 1 aliphatic heterocycles. The molecular formula is C13H17NO2. The van der Waals surface area contributed by atoms with E-state index in [1.54, 1.807) is 7.11 Å². The highest BCUT2D eigenvalue weighted by Gasteiger charge is 2.32. The number of likely N-dealkylation sites (tertiary alicyclic amines) is 1. The van der Waals surface area contributed by atoms with Crippen LogP contribution in [0.3, 0.4) is 0 Å². The van der Waals surface area contributed by atoms with Crippen molar-refractivity contribution >= 4 is 5.78 Å². The Morgan fingerprint density at radius 2 is 2.19 bits per heavy atom. The number of nitrogens with zero attached hydrogens (tertiary/aromatic N) is 1. The van der Waals surface area contributed by atoms with Crippen LogP contribution in [0.25, 0.3) is 0 Å². The second-order valence-corrected chi connectivity index (χ2v) is 4.34. The lowest BCUT2D eigenvalue weighted by Crippen LogP contribution is -2.21. The van der Waals surface area contributed by atoms with E-state index in [4.69, 9.17) is 4.74 Å². The maximum absolute atomic E-state index is 11.9. The fourth-order valence-corrected chi connectivity index (χ4v) is 2.28. The number of likely N-dealkylation sites (N-methyl/N-ethyl adjacent to an activating group) is 1. The topological polar surface area (TPSA) is 29.5 Å². The Labute approximate surface area is 96.0 Å².